The van der Waals surface area contributed by atoms with Crippen LogP contribution in [0.3, 0.4) is 0 Å². The Kier molecular flexibility index (Phi) is 4.16. The van der Waals surface area contributed by atoms with Crippen LogP contribution in [0, 0.1) is 5.82 Å². The van der Waals surface area contributed by atoms with Gasteiger partial charge in [-0.3, -0.25) is 4.79 Å². The molecular formula is C9H8BrFN2OS. The van der Waals surface area contributed by atoms with E-state index in [1.54, 1.807) is 0 Å². The van der Waals surface area contributed by atoms with E-state index < -0.39 is 0 Å². The minimum Gasteiger partial charge on any atom is -0.393 e. The molecule has 0 bridgehead atoms. The summed E-state index contributed by atoms with van der Waals surface area (Å²) >= 11 is 7.71. The van der Waals surface area contributed by atoms with Crippen LogP contribution in [-0.4, -0.2) is 10.9 Å². The van der Waals surface area contributed by atoms with Crippen molar-refractivity contribution in [2.75, 3.05) is 5.32 Å². The molecule has 3 nitrogen and oxygen atoms in total. The average molecular weight is 291 g/mol. The maximum absolute atomic E-state index is 12.7. The van der Waals surface area contributed by atoms with Crippen molar-refractivity contribution in [3.05, 3.63) is 28.5 Å². The lowest BCUT2D eigenvalue weighted by Gasteiger charge is -2.06. The number of thiocarbonyl (C=S) groups is 1. The maximum atomic E-state index is 12.7. The quantitative estimate of drug-likeness (QED) is 0.839. The average Bonchev–Trinajstić information content (AvgIpc) is 2.08. The Morgan fingerprint density at radius 3 is 2.80 bits per heavy atom. The van der Waals surface area contributed by atoms with Gasteiger partial charge in [-0.1, -0.05) is 12.2 Å². The van der Waals surface area contributed by atoms with E-state index in [1.807, 2.05) is 0 Å². The number of rotatable bonds is 3. The van der Waals surface area contributed by atoms with Crippen molar-refractivity contribution in [3.63, 3.8) is 0 Å². The van der Waals surface area contributed by atoms with Crippen LogP contribution < -0.4 is 11.1 Å². The summed E-state index contributed by atoms with van der Waals surface area (Å²) in [6, 6.07) is 3.97. The standard InChI is InChI=1S/C9H8BrFN2OS/c10-6-3-5(11)1-2-7(6)13-9(14)4-8(12)15/h1-3H,4H2,(H2,12,15)(H,13,14). The molecule has 0 spiro atoms. The molecule has 0 aromatic heterocycles. The Bertz CT molecular complexity index is 411. The number of carbonyl (C=O) groups is 1. The molecule has 0 fully saturated rings. The van der Waals surface area contributed by atoms with Crippen LogP contribution in [0.1, 0.15) is 6.42 Å². The number of carbonyl (C=O) groups excluding carboxylic acids is 1. The summed E-state index contributed by atoms with van der Waals surface area (Å²) in [5.74, 6) is -0.705. The van der Waals surface area contributed by atoms with Crippen LogP contribution in [0.2, 0.25) is 0 Å². The van der Waals surface area contributed by atoms with E-state index in [2.05, 4.69) is 33.5 Å². The van der Waals surface area contributed by atoms with Crippen LogP contribution in [0.5, 0.6) is 0 Å². The van der Waals surface area contributed by atoms with Crippen LogP contribution >= 0.6 is 28.1 Å². The number of amides is 1. The zero-order valence-electron chi connectivity index (χ0n) is 7.59. The van der Waals surface area contributed by atoms with E-state index in [0.29, 0.717) is 10.2 Å². The summed E-state index contributed by atoms with van der Waals surface area (Å²) in [4.78, 5) is 11.4. The minimum absolute atomic E-state index is 0.0286. The fraction of sp³-hybridized carbons (Fsp3) is 0.111. The third-order valence-corrected chi connectivity index (χ3v) is 2.34. The molecule has 0 heterocycles. The molecule has 1 aromatic carbocycles. The number of hydrogen-bond donors (Lipinski definition) is 2. The van der Waals surface area contributed by atoms with E-state index in [1.165, 1.54) is 18.2 Å². The second-order valence-electron chi connectivity index (χ2n) is 2.82. The first-order chi connectivity index (χ1) is 6.99. The number of nitrogens with two attached hydrogens (primary N) is 1. The number of hydrogen-bond acceptors (Lipinski definition) is 2. The third-order valence-electron chi connectivity index (χ3n) is 1.54. The van der Waals surface area contributed by atoms with Crippen molar-refractivity contribution in [3.8, 4) is 0 Å². The highest BCUT2D eigenvalue weighted by molar-refractivity contribution is 9.10. The first kappa shape index (κ1) is 12.1. The molecule has 3 N–H and O–H groups in total. The van der Waals surface area contributed by atoms with E-state index in [-0.39, 0.29) is 23.1 Å². The fourth-order valence-electron chi connectivity index (χ4n) is 0.943. The van der Waals surface area contributed by atoms with E-state index in [9.17, 15) is 9.18 Å². The molecule has 0 radical (unpaired) electrons. The lowest BCUT2D eigenvalue weighted by Crippen LogP contribution is -2.20. The van der Waals surface area contributed by atoms with Crippen molar-refractivity contribution in [2.45, 2.75) is 6.42 Å². The van der Waals surface area contributed by atoms with E-state index >= 15 is 0 Å². The van der Waals surface area contributed by atoms with Gasteiger partial charge in [0, 0.05) is 4.47 Å². The molecule has 0 saturated heterocycles. The van der Waals surface area contributed by atoms with Crippen LogP contribution in [-0.2, 0) is 4.79 Å². The smallest absolute Gasteiger partial charge is 0.231 e. The second-order valence-corrected chi connectivity index (χ2v) is 4.19. The third kappa shape index (κ3) is 3.93. The summed E-state index contributed by atoms with van der Waals surface area (Å²) < 4.78 is 13.2. The molecule has 80 valence electrons. The van der Waals surface area contributed by atoms with Gasteiger partial charge in [-0.05, 0) is 34.1 Å². The van der Waals surface area contributed by atoms with Gasteiger partial charge in [0.1, 0.15) is 5.82 Å². The second kappa shape index (κ2) is 5.18. The highest BCUT2D eigenvalue weighted by atomic mass is 79.9. The molecule has 0 saturated carbocycles. The molecule has 0 atom stereocenters. The monoisotopic (exact) mass is 290 g/mol. The first-order valence-electron chi connectivity index (χ1n) is 4.02. The number of halogens is 2. The highest BCUT2D eigenvalue weighted by Crippen LogP contribution is 2.22. The van der Waals surface area contributed by atoms with Crippen molar-refractivity contribution in [1.29, 1.82) is 0 Å². The van der Waals surface area contributed by atoms with Crippen LogP contribution in [0.15, 0.2) is 22.7 Å². The summed E-state index contributed by atoms with van der Waals surface area (Å²) in [6.07, 6.45) is -0.0286. The predicted molar refractivity (Wildman–Crippen MR) is 64.1 cm³/mol. The van der Waals surface area contributed by atoms with Crippen molar-refractivity contribution in [1.82, 2.24) is 0 Å². The molecule has 6 heteroatoms. The predicted octanol–water partition coefficient (Wildman–Crippen LogP) is 2.20. The highest BCUT2D eigenvalue weighted by Gasteiger charge is 2.07. The van der Waals surface area contributed by atoms with Gasteiger partial charge < -0.3 is 11.1 Å². The fourth-order valence-corrected chi connectivity index (χ4v) is 1.52. The Hall–Kier alpha value is -1.01. The molecule has 0 aliphatic rings. The molecule has 15 heavy (non-hydrogen) atoms. The lowest BCUT2D eigenvalue weighted by atomic mass is 10.3. The molecule has 0 aliphatic heterocycles. The Morgan fingerprint density at radius 2 is 2.27 bits per heavy atom. The number of anilines is 1. The molecule has 1 rings (SSSR count). The largest absolute Gasteiger partial charge is 0.393 e. The Labute approximate surface area is 100.0 Å². The van der Waals surface area contributed by atoms with Gasteiger partial charge in [-0.15, -0.1) is 0 Å². The number of benzene rings is 1. The van der Waals surface area contributed by atoms with Gasteiger partial charge in [0.15, 0.2) is 0 Å². The Morgan fingerprint density at radius 1 is 1.60 bits per heavy atom. The van der Waals surface area contributed by atoms with Gasteiger partial charge in [0.05, 0.1) is 17.1 Å². The summed E-state index contributed by atoms with van der Waals surface area (Å²) in [5.41, 5.74) is 5.69. The molecule has 1 amide bonds. The molecule has 1 aromatic rings. The maximum Gasteiger partial charge on any atom is 0.231 e. The topological polar surface area (TPSA) is 55.1 Å². The summed E-state index contributed by atoms with van der Waals surface area (Å²) in [5, 5.41) is 2.55. The van der Waals surface area contributed by atoms with Crippen LogP contribution in [0.4, 0.5) is 10.1 Å². The van der Waals surface area contributed by atoms with Crippen molar-refractivity contribution >= 4 is 44.7 Å². The normalized spacial score (nSPS) is 9.73. The van der Waals surface area contributed by atoms with Crippen LogP contribution in [0.25, 0.3) is 0 Å². The zero-order chi connectivity index (χ0) is 11.4. The van der Waals surface area contributed by atoms with E-state index in [4.69, 9.17) is 5.73 Å². The van der Waals surface area contributed by atoms with E-state index in [0.717, 1.165) is 0 Å². The molecular weight excluding hydrogens is 283 g/mol. The van der Waals surface area contributed by atoms with Crippen molar-refractivity contribution < 1.29 is 9.18 Å². The minimum atomic E-state index is -0.380. The molecule has 0 aliphatic carbocycles. The summed E-state index contributed by atoms with van der Waals surface area (Å²) in [7, 11) is 0. The van der Waals surface area contributed by atoms with Gasteiger partial charge in [-0.25, -0.2) is 4.39 Å². The van der Waals surface area contributed by atoms with Gasteiger partial charge in [0.25, 0.3) is 0 Å². The van der Waals surface area contributed by atoms with Gasteiger partial charge in [-0.2, -0.15) is 0 Å². The molecule has 0 unspecified atom stereocenters. The van der Waals surface area contributed by atoms with Gasteiger partial charge in [0.2, 0.25) is 5.91 Å². The Balaban J connectivity index is 2.72. The first-order valence-corrected chi connectivity index (χ1v) is 5.22. The lowest BCUT2D eigenvalue weighted by molar-refractivity contribution is -0.115. The number of nitrogens with one attached hydrogen (secondary N) is 1. The van der Waals surface area contributed by atoms with Crippen molar-refractivity contribution in [2.24, 2.45) is 5.73 Å². The summed E-state index contributed by atoms with van der Waals surface area (Å²) in [6.45, 7) is 0. The SMILES string of the molecule is NC(=S)CC(=O)Nc1ccc(F)cc1Br. The zero-order valence-corrected chi connectivity index (χ0v) is 9.99. The van der Waals surface area contributed by atoms with Gasteiger partial charge >= 0.3 is 0 Å².